The van der Waals surface area contributed by atoms with Gasteiger partial charge in [-0.25, -0.2) is 9.59 Å². The maximum absolute atomic E-state index is 12.0. The molecule has 0 atom stereocenters. The van der Waals surface area contributed by atoms with Crippen molar-refractivity contribution in [3.05, 3.63) is 75.1 Å². The van der Waals surface area contributed by atoms with Gasteiger partial charge in [-0.05, 0) is 36.4 Å². The molecule has 2 aromatic carbocycles. The lowest BCUT2D eigenvalue weighted by Crippen LogP contribution is -2.08. The molecule has 21 heavy (non-hydrogen) atoms. The number of esters is 1. The molecule has 0 amide bonds. The third kappa shape index (κ3) is 3.03. The van der Waals surface area contributed by atoms with Crippen LogP contribution in [0.3, 0.4) is 0 Å². The standard InChI is InChI=1S/C16H9BrO4/c17-12-3-1-2-11(8-12)16(19)20-13-6-4-10-5-7-15(18)21-14(10)9-13/h1-9H. The normalized spacial score (nSPS) is 10.5. The fraction of sp³-hybridized carbons (Fsp3) is 0. The Morgan fingerprint density at radius 3 is 2.67 bits per heavy atom. The topological polar surface area (TPSA) is 56.5 Å². The van der Waals surface area contributed by atoms with E-state index in [4.69, 9.17) is 9.15 Å². The summed E-state index contributed by atoms with van der Waals surface area (Å²) in [7, 11) is 0. The lowest BCUT2D eigenvalue weighted by molar-refractivity contribution is 0.0735. The fourth-order valence-corrected chi connectivity index (χ4v) is 2.29. The van der Waals surface area contributed by atoms with Crippen LogP contribution in [0.4, 0.5) is 0 Å². The molecule has 0 radical (unpaired) electrons. The van der Waals surface area contributed by atoms with E-state index in [9.17, 15) is 9.59 Å². The van der Waals surface area contributed by atoms with E-state index >= 15 is 0 Å². The van der Waals surface area contributed by atoms with Gasteiger partial charge < -0.3 is 9.15 Å². The van der Waals surface area contributed by atoms with Crippen LogP contribution in [-0.4, -0.2) is 5.97 Å². The molecule has 0 aliphatic rings. The fourth-order valence-electron chi connectivity index (χ4n) is 1.89. The molecule has 3 rings (SSSR count). The minimum atomic E-state index is -0.478. The first-order valence-electron chi connectivity index (χ1n) is 6.13. The number of benzene rings is 2. The minimum Gasteiger partial charge on any atom is -0.423 e. The summed E-state index contributed by atoms with van der Waals surface area (Å²) in [5.41, 5.74) is 0.360. The molecule has 0 N–H and O–H groups in total. The number of hydrogen-bond donors (Lipinski definition) is 0. The molecule has 1 heterocycles. The summed E-state index contributed by atoms with van der Waals surface area (Å²) in [6, 6.07) is 14.8. The first-order valence-corrected chi connectivity index (χ1v) is 6.93. The largest absolute Gasteiger partial charge is 0.423 e. The van der Waals surface area contributed by atoms with Crippen molar-refractivity contribution in [1.29, 1.82) is 0 Å². The molecule has 4 nitrogen and oxygen atoms in total. The maximum Gasteiger partial charge on any atom is 0.343 e. The first kappa shape index (κ1) is 13.6. The number of fused-ring (bicyclic) bond motifs is 1. The van der Waals surface area contributed by atoms with Crippen LogP contribution < -0.4 is 10.4 Å². The molecule has 0 bridgehead atoms. The summed E-state index contributed by atoms with van der Waals surface area (Å²) in [5, 5.41) is 0.761. The Balaban J connectivity index is 1.91. The number of carbonyl (C=O) groups is 1. The zero-order valence-corrected chi connectivity index (χ0v) is 12.3. The smallest absolute Gasteiger partial charge is 0.343 e. The Morgan fingerprint density at radius 1 is 1.05 bits per heavy atom. The maximum atomic E-state index is 12.0. The first-order chi connectivity index (χ1) is 10.1. The molecule has 0 aliphatic heterocycles. The third-order valence-electron chi connectivity index (χ3n) is 2.87. The van der Waals surface area contributed by atoms with Crippen LogP contribution >= 0.6 is 15.9 Å². The van der Waals surface area contributed by atoms with Gasteiger partial charge in [-0.3, -0.25) is 0 Å². The van der Waals surface area contributed by atoms with Crippen LogP contribution in [0.5, 0.6) is 5.75 Å². The lowest BCUT2D eigenvalue weighted by atomic mass is 10.2. The predicted octanol–water partition coefficient (Wildman–Crippen LogP) is 3.77. The second-order valence-electron chi connectivity index (χ2n) is 4.35. The van der Waals surface area contributed by atoms with E-state index in [1.807, 2.05) is 6.07 Å². The molecule has 0 saturated carbocycles. The molecule has 0 spiro atoms. The molecular formula is C16H9BrO4. The number of hydrogen-bond acceptors (Lipinski definition) is 4. The summed E-state index contributed by atoms with van der Waals surface area (Å²) in [6.45, 7) is 0. The molecule has 1 aromatic heterocycles. The number of halogens is 1. The Kier molecular flexibility index (Phi) is 3.58. The van der Waals surface area contributed by atoms with Crippen LogP contribution in [0.15, 0.2) is 68.3 Å². The van der Waals surface area contributed by atoms with Crippen molar-refractivity contribution in [3.63, 3.8) is 0 Å². The predicted molar refractivity (Wildman–Crippen MR) is 81.6 cm³/mol. The second-order valence-corrected chi connectivity index (χ2v) is 5.27. The van der Waals surface area contributed by atoms with Gasteiger partial charge in [-0.2, -0.15) is 0 Å². The van der Waals surface area contributed by atoms with Crippen molar-refractivity contribution >= 4 is 32.9 Å². The zero-order chi connectivity index (χ0) is 14.8. The van der Waals surface area contributed by atoms with Crippen molar-refractivity contribution in [1.82, 2.24) is 0 Å². The van der Waals surface area contributed by atoms with Gasteiger partial charge in [0, 0.05) is 22.0 Å². The van der Waals surface area contributed by atoms with E-state index in [2.05, 4.69) is 15.9 Å². The Hall–Kier alpha value is -2.40. The van der Waals surface area contributed by atoms with E-state index in [1.54, 1.807) is 36.4 Å². The van der Waals surface area contributed by atoms with Gasteiger partial charge in [0.15, 0.2) is 0 Å². The van der Waals surface area contributed by atoms with Crippen LogP contribution in [0.2, 0.25) is 0 Å². The Bertz CT molecular complexity index is 883. The monoisotopic (exact) mass is 344 g/mol. The summed E-state index contributed by atoms with van der Waals surface area (Å²) < 4.78 is 11.1. The van der Waals surface area contributed by atoms with Gasteiger partial charge in [-0.15, -0.1) is 0 Å². The van der Waals surface area contributed by atoms with Crippen LogP contribution in [0.1, 0.15) is 10.4 Å². The van der Waals surface area contributed by atoms with Gasteiger partial charge in [0.25, 0.3) is 0 Å². The van der Waals surface area contributed by atoms with E-state index < -0.39 is 11.6 Å². The summed E-state index contributed by atoms with van der Waals surface area (Å²) in [5.74, 6) is -0.157. The molecule has 5 heteroatoms. The van der Waals surface area contributed by atoms with Crippen molar-refractivity contribution < 1.29 is 13.9 Å². The number of ether oxygens (including phenoxy) is 1. The summed E-state index contributed by atoms with van der Waals surface area (Å²) in [4.78, 5) is 23.2. The Labute approximate surface area is 128 Å². The highest BCUT2D eigenvalue weighted by Gasteiger charge is 2.09. The number of carbonyl (C=O) groups excluding carboxylic acids is 1. The second kappa shape index (κ2) is 5.54. The molecule has 0 fully saturated rings. The summed E-state index contributed by atoms with van der Waals surface area (Å²) in [6.07, 6.45) is 0. The minimum absolute atomic E-state index is 0.321. The van der Waals surface area contributed by atoms with Gasteiger partial charge >= 0.3 is 11.6 Å². The van der Waals surface area contributed by atoms with Gasteiger partial charge in [0.2, 0.25) is 0 Å². The average molecular weight is 345 g/mol. The molecule has 0 aliphatic carbocycles. The highest BCUT2D eigenvalue weighted by Crippen LogP contribution is 2.21. The van der Waals surface area contributed by atoms with Crippen molar-refractivity contribution in [2.45, 2.75) is 0 Å². The SMILES string of the molecule is O=C(Oc1ccc2ccc(=O)oc2c1)c1cccc(Br)c1. The van der Waals surface area contributed by atoms with E-state index in [0.29, 0.717) is 16.9 Å². The van der Waals surface area contributed by atoms with Crippen molar-refractivity contribution in [2.24, 2.45) is 0 Å². The van der Waals surface area contributed by atoms with Crippen molar-refractivity contribution in [2.75, 3.05) is 0 Å². The average Bonchev–Trinajstić information content (AvgIpc) is 2.46. The highest BCUT2D eigenvalue weighted by atomic mass is 79.9. The molecule has 104 valence electrons. The van der Waals surface area contributed by atoms with Crippen molar-refractivity contribution in [3.8, 4) is 5.75 Å². The van der Waals surface area contributed by atoms with Gasteiger partial charge in [-0.1, -0.05) is 22.0 Å². The quantitative estimate of drug-likeness (QED) is 0.403. The lowest BCUT2D eigenvalue weighted by Gasteiger charge is -2.05. The molecule has 0 saturated heterocycles. The van der Waals surface area contributed by atoms with E-state index in [-0.39, 0.29) is 0 Å². The van der Waals surface area contributed by atoms with E-state index in [0.717, 1.165) is 9.86 Å². The molecule has 3 aromatic rings. The van der Waals surface area contributed by atoms with Gasteiger partial charge in [0.1, 0.15) is 11.3 Å². The molecule has 0 unspecified atom stereocenters. The van der Waals surface area contributed by atoms with E-state index in [1.165, 1.54) is 12.1 Å². The van der Waals surface area contributed by atoms with Crippen LogP contribution in [0.25, 0.3) is 11.0 Å². The summed E-state index contributed by atoms with van der Waals surface area (Å²) >= 11 is 3.30. The third-order valence-corrected chi connectivity index (χ3v) is 3.36. The number of rotatable bonds is 2. The highest BCUT2D eigenvalue weighted by molar-refractivity contribution is 9.10. The zero-order valence-electron chi connectivity index (χ0n) is 10.7. The van der Waals surface area contributed by atoms with Gasteiger partial charge in [0.05, 0.1) is 5.56 Å². The van der Waals surface area contributed by atoms with Crippen LogP contribution in [0, 0.1) is 0 Å². The van der Waals surface area contributed by atoms with Crippen LogP contribution in [-0.2, 0) is 0 Å². The Morgan fingerprint density at radius 2 is 1.86 bits per heavy atom. The molecular weight excluding hydrogens is 336 g/mol.